The van der Waals surface area contributed by atoms with Crippen LogP contribution < -0.4 is 11.1 Å². The van der Waals surface area contributed by atoms with Crippen molar-refractivity contribution < 1.29 is 4.74 Å². The lowest BCUT2D eigenvalue weighted by atomic mass is 9.82. The van der Waals surface area contributed by atoms with Crippen LogP contribution in [0.1, 0.15) is 51.0 Å². The fraction of sp³-hybridized carbons (Fsp3) is 0.833. The number of anilines is 1. The molecule has 1 unspecified atom stereocenters. The quantitative estimate of drug-likeness (QED) is 0.859. The van der Waals surface area contributed by atoms with Crippen molar-refractivity contribution in [1.82, 2.24) is 9.36 Å². The van der Waals surface area contributed by atoms with Crippen LogP contribution >= 0.6 is 11.5 Å². The van der Waals surface area contributed by atoms with Crippen LogP contribution in [0, 0.1) is 0 Å². The molecule has 1 aromatic heterocycles. The highest BCUT2D eigenvalue weighted by atomic mass is 32.1. The van der Waals surface area contributed by atoms with Crippen LogP contribution in [0.25, 0.3) is 0 Å². The summed E-state index contributed by atoms with van der Waals surface area (Å²) in [7, 11) is 1.66. The largest absolute Gasteiger partial charge is 0.374 e. The second kappa shape index (κ2) is 5.95. The Bertz CT molecular complexity index is 376. The molecule has 1 aliphatic carbocycles. The molecule has 102 valence electrons. The van der Waals surface area contributed by atoms with E-state index in [1.807, 2.05) is 6.92 Å². The highest BCUT2D eigenvalue weighted by molar-refractivity contribution is 7.09. The van der Waals surface area contributed by atoms with E-state index < -0.39 is 0 Å². The first-order chi connectivity index (χ1) is 8.63. The predicted octanol–water partition coefficient (Wildman–Crippen LogP) is 2.32. The van der Waals surface area contributed by atoms with Gasteiger partial charge in [-0.2, -0.15) is 4.37 Å². The van der Waals surface area contributed by atoms with Crippen molar-refractivity contribution in [3.63, 3.8) is 0 Å². The molecule has 0 bridgehead atoms. The molecule has 1 aromatic rings. The van der Waals surface area contributed by atoms with E-state index in [9.17, 15) is 0 Å². The normalized spacial score (nSPS) is 20.6. The Morgan fingerprint density at radius 1 is 1.44 bits per heavy atom. The molecule has 0 amide bonds. The van der Waals surface area contributed by atoms with Gasteiger partial charge in [-0.25, -0.2) is 4.98 Å². The zero-order chi connectivity index (χ0) is 13.0. The van der Waals surface area contributed by atoms with Gasteiger partial charge in [-0.1, -0.05) is 19.3 Å². The molecule has 0 aromatic carbocycles. The molecule has 5 nitrogen and oxygen atoms in total. The highest BCUT2D eigenvalue weighted by Gasteiger charge is 2.27. The summed E-state index contributed by atoms with van der Waals surface area (Å²) >= 11 is 1.37. The van der Waals surface area contributed by atoms with Gasteiger partial charge in [-0.05, 0) is 19.8 Å². The molecule has 0 spiro atoms. The van der Waals surface area contributed by atoms with Crippen molar-refractivity contribution in [3.8, 4) is 0 Å². The Morgan fingerprint density at radius 3 is 2.83 bits per heavy atom. The van der Waals surface area contributed by atoms with Gasteiger partial charge in [0.2, 0.25) is 5.13 Å². The summed E-state index contributed by atoms with van der Waals surface area (Å²) in [5, 5.41) is 4.16. The van der Waals surface area contributed by atoms with Crippen molar-refractivity contribution in [1.29, 1.82) is 0 Å². The van der Waals surface area contributed by atoms with E-state index >= 15 is 0 Å². The SMILES string of the molecule is COC(C)c1nsc(NCC2(N)CCCCC2)n1. The van der Waals surface area contributed by atoms with E-state index in [0.717, 1.165) is 30.3 Å². The van der Waals surface area contributed by atoms with Gasteiger partial charge in [0.25, 0.3) is 0 Å². The number of nitrogens with two attached hydrogens (primary N) is 1. The number of hydrogen-bond acceptors (Lipinski definition) is 6. The fourth-order valence-corrected chi connectivity index (χ4v) is 2.90. The molecule has 0 aliphatic heterocycles. The molecule has 18 heavy (non-hydrogen) atoms. The Balaban J connectivity index is 1.87. The van der Waals surface area contributed by atoms with Crippen LogP contribution in [-0.4, -0.2) is 28.6 Å². The van der Waals surface area contributed by atoms with E-state index in [4.69, 9.17) is 10.5 Å². The lowest BCUT2D eigenvalue weighted by molar-refractivity contribution is 0.113. The van der Waals surface area contributed by atoms with Gasteiger partial charge < -0.3 is 15.8 Å². The van der Waals surface area contributed by atoms with Gasteiger partial charge in [0.1, 0.15) is 6.10 Å². The first-order valence-corrected chi connectivity index (χ1v) is 7.29. The summed E-state index contributed by atoms with van der Waals surface area (Å²) < 4.78 is 9.47. The average Bonchev–Trinajstić information content (AvgIpc) is 2.85. The van der Waals surface area contributed by atoms with Gasteiger partial charge >= 0.3 is 0 Å². The molecule has 1 fully saturated rings. The zero-order valence-corrected chi connectivity index (χ0v) is 11.9. The minimum atomic E-state index is -0.0725. The van der Waals surface area contributed by atoms with Crippen molar-refractivity contribution in [2.24, 2.45) is 5.73 Å². The monoisotopic (exact) mass is 270 g/mol. The van der Waals surface area contributed by atoms with Crippen LogP contribution in [0.3, 0.4) is 0 Å². The topological polar surface area (TPSA) is 73.1 Å². The summed E-state index contributed by atoms with van der Waals surface area (Å²) in [5.41, 5.74) is 6.30. The molecule has 0 saturated heterocycles. The van der Waals surface area contributed by atoms with Crippen LogP contribution in [0.15, 0.2) is 0 Å². The van der Waals surface area contributed by atoms with E-state index in [-0.39, 0.29) is 11.6 Å². The summed E-state index contributed by atoms with van der Waals surface area (Å²) in [6, 6.07) is 0. The maximum Gasteiger partial charge on any atom is 0.202 e. The molecule has 6 heteroatoms. The maximum atomic E-state index is 6.37. The van der Waals surface area contributed by atoms with Crippen molar-refractivity contribution in [2.45, 2.75) is 50.7 Å². The Morgan fingerprint density at radius 2 is 2.17 bits per heavy atom. The lowest BCUT2D eigenvalue weighted by Gasteiger charge is -2.33. The predicted molar refractivity (Wildman–Crippen MR) is 73.8 cm³/mol. The molecule has 0 radical (unpaired) electrons. The molecule has 1 saturated carbocycles. The first-order valence-electron chi connectivity index (χ1n) is 6.52. The average molecular weight is 270 g/mol. The number of ether oxygens (including phenoxy) is 1. The molecule has 1 atom stereocenters. The van der Waals surface area contributed by atoms with Crippen LogP contribution in [0.5, 0.6) is 0 Å². The van der Waals surface area contributed by atoms with Gasteiger partial charge in [-0.15, -0.1) is 0 Å². The summed E-state index contributed by atoms with van der Waals surface area (Å²) in [5.74, 6) is 0.736. The molecular formula is C12H22N4OS. The van der Waals surface area contributed by atoms with E-state index in [1.54, 1.807) is 7.11 Å². The standard InChI is InChI=1S/C12H22N4OS/c1-9(17-2)10-15-11(18-16-10)14-8-12(13)6-4-3-5-7-12/h9H,3-8,13H2,1-2H3,(H,14,15,16). The van der Waals surface area contributed by atoms with E-state index in [2.05, 4.69) is 14.7 Å². The summed E-state index contributed by atoms with van der Waals surface area (Å²) in [6.45, 7) is 2.72. The lowest BCUT2D eigenvalue weighted by Crippen LogP contribution is -2.47. The van der Waals surface area contributed by atoms with E-state index in [0.29, 0.717) is 0 Å². The third-order valence-electron chi connectivity index (χ3n) is 3.60. The number of aromatic nitrogens is 2. The minimum absolute atomic E-state index is 0.0571. The van der Waals surface area contributed by atoms with Crippen molar-refractivity contribution in [2.75, 3.05) is 19.0 Å². The van der Waals surface area contributed by atoms with Crippen LogP contribution in [0.2, 0.25) is 0 Å². The Hall–Kier alpha value is -0.720. The van der Waals surface area contributed by atoms with Gasteiger partial charge in [0, 0.05) is 30.7 Å². The first kappa shape index (κ1) is 13.7. The van der Waals surface area contributed by atoms with Gasteiger partial charge in [0.15, 0.2) is 5.82 Å². The summed E-state index contributed by atoms with van der Waals surface area (Å²) in [4.78, 5) is 4.41. The minimum Gasteiger partial charge on any atom is -0.374 e. The van der Waals surface area contributed by atoms with Gasteiger partial charge in [0.05, 0.1) is 0 Å². The molecule has 1 heterocycles. The number of hydrogen-bond donors (Lipinski definition) is 2. The van der Waals surface area contributed by atoms with Crippen molar-refractivity contribution >= 4 is 16.7 Å². The van der Waals surface area contributed by atoms with Crippen molar-refractivity contribution in [3.05, 3.63) is 5.82 Å². The Kier molecular flexibility index (Phi) is 4.53. The molecule has 1 aliphatic rings. The Labute approximate surface area is 112 Å². The smallest absolute Gasteiger partial charge is 0.202 e. The van der Waals surface area contributed by atoms with E-state index in [1.165, 1.54) is 30.8 Å². The number of rotatable bonds is 5. The second-order valence-electron chi connectivity index (χ2n) is 5.11. The highest BCUT2D eigenvalue weighted by Crippen LogP contribution is 2.26. The number of nitrogens with one attached hydrogen (secondary N) is 1. The van der Waals surface area contributed by atoms with Crippen LogP contribution in [-0.2, 0) is 4.74 Å². The molecule has 3 N–H and O–H groups in total. The third-order valence-corrected chi connectivity index (χ3v) is 4.29. The second-order valence-corrected chi connectivity index (χ2v) is 5.86. The molecular weight excluding hydrogens is 248 g/mol. The third kappa shape index (κ3) is 3.40. The fourth-order valence-electron chi connectivity index (χ4n) is 2.26. The molecule has 2 rings (SSSR count). The summed E-state index contributed by atoms with van der Waals surface area (Å²) in [6.07, 6.45) is 5.92. The zero-order valence-electron chi connectivity index (χ0n) is 11.1. The maximum absolute atomic E-state index is 6.37. The van der Waals surface area contributed by atoms with Crippen LogP contribution in [0.4, 0.5) is 5.13 Å². The van der Waals surface area contributed by atoms with Gasteiger partial charge in [-0.3, -0.25) is 0 Å². The number of methoxy groups -OCH3 is 1. The number of nitrogens with zero attached hydrogens (tertiary/aromatic N) is 2.